The molecular formula is C20H14N2O5S. The van der Waals surface area contributed by atoms with Crippen molar-refractivity contribution >= 4 is 33.3 Å². The standard InChI is InChI=1S/C20H14N2O5S/c23-15(12-4-2-1-3-5-12)9-7-13-6-8-14-16(22-13)19(25)20-17(18(14)24)21-10-11-28(20,26)27/h1-9,21H,10-11H2/b9-7+. The maximum atomic E-state index is 12.7. The lowest BCUT2D eigenvalue weighted by Gasteiger charge is -2.25. The van der Waals surface area contributed by atoms with Crippen LogP contribution in [0.3, 0.4) is 0 Å². The average molecular weight is 394 g/mol. The van der Waals surface area contributed by atoms with Crippen LogP contribution >= 0.6 is 0 Å². The molecule has 0 saturated heterocycles. The summed E-state index contributed by atoms with van der Waals surface area (Å²) < 4.78 is 24.6. The molecule has 28 heavy (non-hydrogen) atoms. The third-order valence-corrected chi connectivity index (χ3v) is 6.24. The van der Waals surface area contributed by atoms with Gasteiger partial charge in [0.2, 0.25) is 11.6 Å². The molecule has 1 aromatic heterocycles. The summed E-state index contributed by atoms with van der Waals surface area (Å²) >= 11 is 0. The molecule has 0 fully saturated rings. The van der Waals surface area contributed by atoms with Gasteiger partial charge in [-0.3, -0.25) is 14.4 Å². The van der Waals surface area contributed by atoms with Crippen LogP contribution in [0.25, 0.3) is 6.08 Å². The summed E-state index contributed by atoms with van der Waals surface area (Å²) in [4.78, 5) is 41.1. The highest BCUT2D eigenvalue weighted by Crippen LogP contribution is 2.29. The van der Waals surface area contributed by atoms with Crippen molar-refractivity contribution in [3.05, 3.63) is 81.7 Å². The Kier molecular flexibility index (Phi) is 4.27. The smallest absolute Gasteiger partial charge is 0.225 e. The van der Waals surface area contributed by atoms with Gasteiger partial charge >= 0.3 is 0 Å². The maximum Gasteiger partial charge on any atom is 0.225 e. The first-order valence-electron chi connectivity index (χ1n) is 8.47. The SMILES string of the molecule is O=C(/C=C/c1ccc2c(n1)C(=O)C1=C(NCCS1(=O)=O)C2=O)c1ccccc1. The number of ketones is 3. The fourth-order valence-electron chi connectivity index (χ4n) is 3.11. The van der Waals surface area contributed by atoms with Crippen LogP contribution in [0.1, 0.15) is 36.9 Å². The summed E-state index contributed by atoms with van der Waals surface area (Å²) in [6.07, 6.45) is 2.73. The van der Waals surface area contributed by atoms with E-state index in [9.17, 15) is 22.8 Å². The van der Waals surface area contributed by atoms with E-state index in [0.717, 1.165) is 0 Å². The van der Waals surface area contributed by atoms with Crippen molar-refractivity contribution in [3.8, 4) is 0 Å². The van der Waals surface area contributed by atoms with Crippen molar-refractivity contribution in [1.29, 1.82) is 0 Å². The molecule has 0 amide bonds. The van der Waals surface area contributed by atoms with E-state index >= 15 is 0 Å². The molecular weight excluding hydrogens is 380 g/mol. The number of aromatic nitrogens is 1. The van der Waals surface area contributed by atoms with E-state index in [1.165, 1.54) is 24.3 Å². The molecule has 2 heterocycles. The van der Waals surface area contributed by atoms with Gasteiger partial charge in [-0.1, -0.05) is 30.3 Å². The van der Waals surface area contributed by atoms with E-state index in [1.54, 1.807) is 30.3 Å². The van der Waals surface area contributed by atoms with Crippen LogP contribution < -0.4 is 5.32 Å². The topological polar surface area (TPSA) is 110 Å². The summed E-state index contributed by atoms with van der Waals surface area (Å²) in [7, 11) is -3.85. The first-order chi connectivity index (χ1) is 13.4. The number of carbonyl (C=O) groups excluding carboxylic acids is 3. The number of carbonyl (C=O) groups is 3. The minimum atomic E-state index is -3.85. The quantitative estimate of drug-likeness (QED) is 0.622. The summed E-state index contributed by atoms with van der Waals surface area (Å²) in [6.45, 7) is 0.0748. The third kappa shape index (κ3) is 2.97. The lowest BCUT2D eigenvalue weighted by Crippen LogP contribution is -2.41. The summed E-state index contributed by atoms with van der Waals surface area (Å²) in [5.74, 6) is -1.88. The number of rotatable bonds is 3. The van der Waals surface area contributed by atoms with Crippen molar-refractivity contribution in [1.82, 2.24) is 10.3 Å². The summed E-state index contributed by atoms with van der Waals surface area (Å²) in [5.41, 5.74) is 0.407. The van der Waals surface area contributed by atoms with Gasteiger partial charge in [-0.05, 0) is 24.3 Å². The fraction of sp³-hybridized carbons (Fsp3) is 0.100. The van der Waals surface area contributed by atoms with E-state index in [0.29, 0.717) is 5.56 Å². The van der Waals surface area contributed by atoms with Gasteiger partial charge in [0.15, 0.2) is 15.6 Å². The van der Waals surface area contributed by atoms with Crippen molar-refractivity contribution in [2.45, 2.75) is 0 Å². The minimum absolute atomic E-state index is 0.0416. The molecule has 2 aromatic rings. The van der Waals surface area contributed by atoms with Gasteiger partial charge in [-0.25, -0.2) is 13.4 Å². The number of nitrogens with zero attached hydrogens (tertiary/aromatic N) is 1. The van der Waals surface area contributed by atoms with E-state index in [-0.39, 0.29) is 40.7 Å². The van der Waals surface area contributed by atoms with Gasteiger partial charge in [0.25, 0.3) is 0 Å². The Hall–Kier alpha value is -3.39. The lowest BCUT2D eigenvalue weighted by molar-refractivity contribution is 0.0970. The van der Waals surface area contributed by atoms with Crippen LogP contribution in [0.4, 0.5) is 0 Å². The number of pyridine rings is 1. The van der Waals surface area contributed by atoms with E-state index in [2.05, 4.69) is 10.3 Å². The monoisotopic (exact) mass is 394 g/mol. The average Bonchev–Trinajstić information content (AvgIpc) is 2.70. The van der Waals surface area contributed by atoms with E-state index < -0.39 is 26.3 Å². The summed E-state index contributed by atoms with van der Waals surface area (Å²) in [6, 6.07) is 11.5. The first-order valence-corrected chi connectivity index (χ1v) is 10.1. The Morgan fingerprint density at radius 1 is 1.04 bits per heavy atom. The maximum absolute atomic E-state index is 12.7. The summed E-state index contributed by atoms with van der Waals surface area (Å²) in [5, 5.41) is 2.71. The Morgan fingerprint density at radius 2 is 1.79 bits per heavy atom. The van der Waals surface area contributed by atoms with Crippen molar-refractivity contribution in [2.75, 3.05) is 12.3 Å². The zero-order valence-electron chi connectivity index (χ0n) is 14.5. The number of Topliss-reactive ketones (excluding diaryl/α,β-unsaturated/α-hetero) is 2. The second-order valence-corrected chi connectivity index (χ2v) is 8.35. The molecule has 0 atom stereocenters. The molecule has 140 valence electrons. The number of hydrogen-bond donors (Lipinski definition) is 1. The third-order valence-electron chi connectivity index (χ3n) is 4.48. The van der Waals surface area contributed by atoms with Crippen LogP contribution in [0.5, 0.6) is 0 Å². The Morgan fingerprint density at radius 3 is 2.54 bits per heavy atom. The molecule has 0 unspecified atom stereocenters. The van der Waals surface area contributed by atoms with Gasteiger partial charge in [0, 0.05) is 12.1 Å². The Balaban J connectivity index is 1.70. The molecule has 0 spiro atoms. The minimum Gasteiger partial charge on any atom is -0.380 e. The van der Waals surface area contributed by atoms with Crippen LogP contribution in [0, 0.1) is 0 Å². The van der Waals surface area contributed by atoms with Crippen molar-refractivity contribution in [3.63, 3.8) is 0 Å². The predicted molar refractivity (Wildman–Crippen MR) is 102 cm³/mol. The molecule has 7 nitrogen and oxygen atoms in total. The molecule has 1 aliphatic heterocycles. The molecule has 1 N–H and O–H groups in total. The van der Waals surface area contributed by atoms with Crippen molar-refractivity contribution < 1.29 is 22.8 Å². The van der Waals surface area contributed by atoms with Crippen LogP contribution in [0.2, 0.25) is 0 Å². The lowest BCUT2D eigenvalue weighted by atomic mass is 9.96. The van der Waals surface area contributed by atoms with Gasteiger partial charge in [-0.15, -0.1) is 0 Å². The number of benzene rings is 1. The number of fused-ring (bicyclic) bond motifs is 1. The van der Waals surface area contributed by atoms with Gasteiger partial charge < -0.3 is 5.32 Å². The van der Waals surface area contributed by atoms with Crippen LogP contribution in [0.15, 0.2) is 59.1 Å². The van der Waals surface area contributed by atoms with Crippen LogP contribution in [-0.2, 0) is 9.84 Å². The van der Waals surface area contributed by atoms with Gasteiger partial charge in [0.1, 0.15) is 16.3 Å². The molecule has 0 saturated carbocycles. The Labute approximate surface area is 160 Å². The second kappa shape index (κ2) is 6.65. The number of nitrogens with one attached hydrogen (secondary N) is 1. The highest BCUT2D eigenvalue weighted by Gasteiger charge is 2.42. The zero-order chi connectivity index (χ0) is 19.9. The van der Waals surface area contributed by atoms with Crippen molar-refractivity contribution in [2.24, 2.45) is 0 Å². The number of hydrogen-bond acceptors (Lipinski definition) is 7. The normalized spacial score (nSPS) is 17.9. The molecule has 0 radical (unpaired) electrons. The van der Waals surface area contributed by atoms with Gasteiger partial charge in [0.05, 0.1) is 17.0 Å². The predicted octanol–water partition coefficient (Wildman–Crippen LogP) is 1.59. The first kappa shape index (κ1) is 18.0. The van der Waals surface area contributed by atoms with Crippen LogP contribution in [-0.4, -0.2) is 43.0 Å². The second-order valence-electron chi connectivity index (χ2n) is 6.30. The number of allylic oxidation sites excluding steroid dienone is 3. The highest BCUT2D eigenvalue weighted by molar-refractivity contribution is 7.96. The molecule has 2 aliphatic rings. The van der Waals surface area contributed by atoms with E-state index in [1.807, 2.05) is 0 Å². The molecule has 1 aliphatic carbocycles. The molecule has 1 aromatic carbocycles. The zero-order valence-corrected chi connectivity index (χ0v) is 15.3. The van der Waals surface area contributed by atoms with E-state index in [4.69, 9.17) is 0 Å². The highest BCUT2D eigenvalue weighted by atomic mass is 32.2. The molecule has 0 bridgehead atoms. The number of sulfone groups is 1. The fourth-order valence-corrected chi connectivity index (χ4v) is 4.54. The molecule has 4 rings (SSSR count). The Bertz CT molecular complexity index is 1190. The molecule has 8 heteroatoms. The largest absolute Gasteiger partial charge is 0.380 e. The van der Waals surface area contributed by atoms with Gasteiger partial charge in [-0.2, -0.15) is 0 Å².